The Morgan fingerprint density at radius 2 is 1.95 bits per heavy atom. The van der Waals surface area contributed by atoms with Gasteiger partial charge in [-0.3, -0.25) is 4.21 Å². The first-order chi connectivity index (χ1) is 9.36. The van der Waals surface area contributed by atoms with Gasteiger partial charge >= 0.3 is 0 Å². The summed E-state index contributed by atoms with van der Waals surface area (Å²) in [5.41, 5.74) is 0.424. The highest BCUT2D eigenvalue weighted by Crippen LogP contribution is 2.24. The van der Waals surface area contributed by atoms with Crippen LogP contribution in [0.5, 0.6) is 0 Å². The summed E-state index contributed by atoms with van der Waals surface area (Å²) in [6.07, 6.45) is 0. The van der Waals surface area contributed by atoms with Gasteiger partial charge in [0.15, 0.2) is 0 Å². The molecule has 1 aromatic carbocycles. The first kappa shape index (κ1) is 15.9. The topological polar surface area (TPSA) is 54.5 Å². The summed E-state index contributed by atoms with van der Waals surface area (Å²) in [5.74, 6) is 0.113. The molecule has 0 atom stereocenters. The van der Waals surface area contributed by atoms with Gasteiger partial charge in [-0.15, -0.1) is 11.6 Å². The fraction of sp³-hybridized carbons (Fsp3) is 0.500. The van der Waals surface area contributed by atoms with Crippen molar-refractivity contribution in [1.82, 2.24) is 4.31 Å². The van der Waals surface area contributed by atoms with Crippen LogP contribution in [0.1, 0.15) is 11.1 Å². The molecule has 1 aliphatic heterocycles. The molecule has 8 heteroatoms. The van der Waals surface area contributed by atoms with E-state index in [1.807, 2.05) is 0 Å². The van der Waals surface area contributed by atoms with Crippen LogP contribution in [0.3, 0.4) is 0 Å². The summed E-state index contributed by atoms with van der Waals surface area (Å²) in [6.45, 7) is 1.96. The molecule has 0 saturated carbocycles. The van der Waals surface area contributed by atoms with Crippen molar-refractivity contribution in [2.24, 2.45) is 0 Å². The third-order valence-corrected chi connectivity index (χ3v) is 6.66. The second kappa shape index (κ2) is 6.09. The fourth-order valence-corrected chi connectivity index (χ4v) is 5.12. The Balaban J connectivity index is 2.39. The summed E-state index contributed by atoms with van der Waals surface area (Å²) in [5, 5.41) is 0. The molecular formula is C12H15ClFNO3S2. The van der Waals surface area contributed by atoms with Crippen LogP contribution >= 0.6 is 11.6 Å². The molecule has 112 valence electrons. The van der Waals surface area contributed by atoms with E-state index in [9.17, 15) is 17.0 Å². The van der Waals surface area contributed by atoms with Crippen LogP contribution in [0.25, 0.3) is 0 Å². The van der Waals surface area contributed by atoms with Gasteiger partial charge in [0.05, 0.1) is 10.8 Å². The maximum atomic E-state index is 13.7. The van der Waals surface area contributed by atoms with Crippen molar-refractivity contribution in [3.05, 3.63) is 29.1 Å². The number of sulfonamides is 1. The molecule has 0 radical (unpaired) electrons. The van der Waals surface area contributed by atoms with E-state index >= 15 is 0 Å². The van der Waals surface area contributed by atoms with Gasteiger partial charge in [-0.1, -0.05) is 0 Å². The van der Waals surface area contributed by atoms with Crippen molar-refractivity contribution >= 4 is 32.4 Å². The number of rotatable bonds is 3. The average Bonchev–Trinajstić information content (AvgIpc) is 2.42. The first-order valence-electron chi connectivity index (χ1n) is 6.06. The van der Waals surface area contributed by atoms with E-state index in [1.165, 1.54) is 23.4 Å². The second-order valence-electron chi connectivity index (χ2n) is 4.60. The van der Waals surface area contributed by atoms with Crippen LogP contribution in [0, 0.1) is 12.7 Å². The monoisotopic (exact) mass is 339 g/mol. The zero-order valence-corrected chi connectivity index (χ0v) is 13.3. The van der Waals surface area contributed by atoms with Crippen LogP contribution in [0.4, 0.5) is 4.39 Å². The minimum absolute atomic E-state index is 0.0414. The van der Waals surface area contributed by atoms with Gasteiger partial charge in [0, 0.05) is 41.0 Å². The van der Waals surface area contributed by atoms with E-state index in [0.717, 1.165) is 0 Å². The van der Waals surface area contributed by atoms with Crippen LogP contribution in [-0.4, -0.2) is 41.5 Å². The first-order valence-corrected chi connectivity index (χ1v) is 9.52. The van der Waals surface area contributed by atoms with Crippen LogP contribution in [-0.2, 0) is 26.7 Å². The molecule has 0 aromatic heterocycles. The van der Waals surface area contributed by atoms with Gasteiger partial charge in [-0.05, 0) is 24.6 Å². The molecule has 0 N–H and O–H groups in total. The smallest absolute Gasteiger partial charge is 0.243 e. The molecule has 2 rings (SSSR count). The largest absolute Gasteiger partial charge is 0.259 e. The highest BCUT2D eigenvalue weighted by molar-refractivity contribution is 7.89. The summed E-state index contributed by atoms with van der Waals surface area (Å²) < 4.78 is 51.3. The lowest BCUT2D eigenvalue weighted by Crippen LogP contribution is -2.41. The molecule has 0 unspecified atom stereocenters. The Labute approximate surface area is 125 Å². The zero-order chi connectivity index (χ0) is 14.9. The van der Waals surface area contributed by atoms with Crippen molar-refractivity contribution in [3.8, 4) is 0 Å². The molecule has 0 bridgehead atoms. The van der Waals surface area contributed by atoms with Gasteiger partial charge in [0.2, 0.25) is 10.0 Å². The highest BCUT2D eigenvalue weighted by atomic mass is 35.5. The number of alkyl halides is 1. The maximum absolute atomic E-state index is 13.7. The third kappa shape index (κ3) is 3.05. The van der Waals surface area contributed by atoms with Crippen molar-refractivity contribution < 1.29 is 17.0 Å². The summed E-state index contributed by atoms with van der Waals surface area (Å²) >= 11 is 5.64. The normalized spacial score (nSPS) is 18.4. The van der Waals surface area contributed by atoms with Crippen molar-refractivity contribution in [1.29, 1.82) is 0 Å². The van der Waals surface area contributed by atoms with E-state index in [4.69, 9.17) is 11.6 Å². The predicted molar refractivity (Wildman–Crippen MR) is 77.3 cm³/mol. The summed E-state index contributed by atoms with van der Waals surface area (Å²) in [7, 11) is -4.64. The van der Waals surface area contributed by atoms with Crippen LogP contribution < -0.4 is 0 Å². The van der Waals surface area contributed by atoms with Gasteiger partial charge in [0.1, 0.15) is 5.82 Å². The number of aryl methyl sites for hydroxylation is 1. The molecule has 1 heterocycles. The molecule has 1 fully saturated rings. The average molecular weight is 340 g/mol. The summed E-state index contributed by atoms with van der Waals surface area (Å²) in [4.78, 5) is 0.0414. The molecule has 0 amide bonds. The lowest BCUT2D eigenvalue weighted by atomic mass is 10.1. The summed E-state index contributed by atoms with van der Waals surface area (Å²) in [6, 6.07) is 2.59. The Morgan fingerprint density at radius 1 is 1.35 bits per heavy atom. The van der Waals surface area contributed by atoms with Crippen LogP contribution in [0.15, 0.2) is 17.0 Å². The van der Waals surface area contributed by atoms with E-state index < -0.39 is 26.6 Å². The molecule has 4 nitrogen and oxygen atoms in total. The third-order valence-electron chi connectivity index (χ3n) is 3.22. The molecule has 0 aliphatic carbocycles. The number of hydrogen-bond donors (Lipinski definition) is 0. The zero-order valence-electron chi connectivity index (χ0n) is 10.9. The highest BCUT2D eigenvalue weighted by Gasteiger charge is 2.29. The van der Waals surface area contributed by atoms with Gasteiger partial charge in [-0.25, -0.2) is 12.8 Å². The molecule has 1 saturated heterocycles. The SMILES string of the molecule is Cc1cc(S(=O)(=O)N2CCS(=O)CC2)cc(CCl)c1F. The van der Waals surface area contributed by atoms with Gasteiger partial charge in [0.25, 0.3) is 0 Å². The Hall–Kier alpha value is -0.500. The number of hydrogen-bond acceptors (Lipinski definition) is 3. The number of nitrogens with zero attached hydrogens (tertiary/aromatic N) is 1. The van der Waals surface area contributed by atoms with Crippen molar-refractivity contribution in [2.45, 2.75) is 17.7 Å². The minimum atomic E-state index is -3.68. The quantitative estimate of drug-likeness (QED) is 0.786. The van der Waals surface area contributed by atoms with E-state index in [-0.39, 0.29) is 35.0 Å². The predicted octanol–water partition coefficient (Wildman–Crippen LogP) is 1.63. The minimum Gasteiger partial charge on any atom is -0.259 e. The van der Waals surface area contributed by atoms with E-state index in [0.29, 0.717) is 11.5 Å². The van der Waals surface area contributed by atoms with Crippen molar-refractivity contribution in [2.75, 3.05) is 24.6 Å². The van der Waals surface area contributed by atoms with E-state index in [1.54, 1.807) is 0 Å². The lowest BCUT2D eigenvalue weighted by molar-refractivity contribution is 0.438. The molecule has 1 aromatic rings. The van der Waals surface area contributed by atoms with Crippen LogP contribution in [0.2, 0.25) is 0 Å². The number of halogens is 2. The van der Waals surface area contributed by atoms with E-state index in [2.05, 4.69) is 0 Å². The molecule has 1 aliphatic rings. The van der Waals surface area contributed by atoms with Gasteiger partial charge in [-0.2, -0.15) is 4.31 Å². The van der Waals surface area contributed by atoms with Gasteiger partial charge < -0.3 is 0 Å². The second-order valence-corrected chi connectivity index (χ2v) is 8.50. The Bertz CT molecular complexity index is 638. The number of benzene rings is 1. The lowest BCUT2D eigenvalue weighted by Gasteiger charge is -2.26. The van der Waals surface area contributed by atoms with Crippen molar-refractivity contribution in [3.63, 3.8) is 0 Å². The standard InChI is InChI=1S/C12H15ClFNO3S2/c1-9-6-11(7-10(8-13)12(9)14)20(17,18)15-2-4-19(16)5-3-15/h6-7H,2-5,8H2,1H3. The maximum Gasteiger partial charge on any atom is 0.243 e. The fourth-order valence-electron chi connectivity index (χ4n) is 2.06. The molecule has 0 spiro atoms. The Kier molecular flexibility index (Phi) is 4.84. The molecule has 20 heavy (non-hydrogen) atoms. The molecular weight excluding hydrogens is 325 g/mol. The Morgan fingerprint density at radius 3 is 2.50 bits per heavy atom.